The first-order chi connectivity index (χ1) is 14.5. The lowest BCUT2D eigenvalue weighted by atomic mass is 10.1. The third kappa shape index (κ3) is 3.89. The van der Waals surface area contributed by atoms with Gasteiger partial charge in [-0.2, -0.15) is 0 Å². The highest BCUT2D eigenvalue weighted by atomic mass is 35.5. The van der Waals surface area contributed by atoms with Crippen LogP contribution in [0, 0.1) is 13.8 Å². The van der Waals surface area contributed by atoms with Crippen LogP contribution in [0.4, 0.5) is 5.69 Å². The van der Waals surface area contributed by atoms with Crippen LogP contribution in [0.2, 0.25) is 5.02 Å². The third-order valence-corrected chi connectivity index (χ3v) is 6.14. The summed E-state index contributed by atoms with van der Waals surface area (Å²) >= 11 is 6.09. The summed E-state index contributed by atoms with van der Waals surface area (Å²) in [6, 6.07) is 14.0. The fourth-order valence-electron chi connectivity index (χ4n) is 4.27. The summed E-state index contributed by atoms with van der Waals surface area (Å²) in [5, 5.41) is 0.699. The molecule has 0 bridgehead atoms. The van der Waals surface area contributed by atoms with Crippen molar-refractivity contribution in [1.29, 1.82) is 0 Å². The molecular weight excluding hydrogens is 394 g/mol. The van der Waals surface area contributed by atoms with Gasteiger partial charge in [0, 0.05) is 29.4 Å². The fourth-order valence-corrected chi connectivity index (χ4v) is 4.40. The van der Waals surface area contributed by atoms with Crippen molar-refractivity contribution < 1.29 is 4.79 Å². The Kier molecular flexibility index (Phi) is 5.96. The maximum Gasteiger partial charge on any atom is 0.278 e. The van der Waals surface area contributed by atoms with Crippen molar-refractivity contribution >= 4 is 23.2 Å². The molecule has 0 atom stereocenters. The molecule has 3 aromatic rings. The molecule has 1 amide bonds. The van der Waals surface area contributed by atoms with Crippen LogP contribution in [0.15, 0.2) is 42.5 Å². The maximum atomic E-state index is 13.8. The molecule has 0 fully saturated rings. The van der Waals surface area contributed by atoms with Gasteiger partial charge in [0.1, 0.15) is 5.82 Å². The summed E-state index contributed by atoms with van der Waals surface area (Å²) in [4.78, 5) is 20.5. The van der Waals surface area contributed by atoms with Gasteiger partial charge in [0.25, 0.3) is 5.91 Å². The van der Waals surface area contributed by atoms with Crippen molar-refractivity contribution in [3.8, 4) is 11.4 Å². The molecule has 1 aliphatic rings. The number of benzene rings is 2. The largest absolute Gasteiger partial charge is 0.327 e. The van der Waals surface area contributed by atoms with E-state index in [4.69, 9.17) is 16.6 Å². The Hall–Kier alpha value is -2.59. The summed E-state index contributed by atoms with van der Waals surface area (Å²) in [6.07, 6.45) is 4.24. The average Bonchev–Trinajstić information content (AvgIpc) is 2.92. The van der Waals surface area contributed by atoms with Gasteiger partial charge in [0.05, 0.1) is 5.69 Å². The van der Waals surface area contributed by atoms with Crippen molar-refractivity contribution in [2.24, 2.45) is 0 Å². The SMILES string of the molecule is CCN(C(=O)c1nc(-c2ccc(Cl)cc2)n2c1CCCCC2)c1cc(C)ccc1C. The molecule has 1 aliphatic heterocycles. The van der Waals surface area contributed by atoms with Crippen molar-refractivity contribution in [3.05, 3.63) is 70.0 Å². The lowest BCUT2D eigenvalue weighted by Crippen LogP contribution is -2.32. The molecule has 0 aliphatic carbocycles. The van der Waals surface area contributed by atoms with Crippen LogP contribution < -0.4 is 4.90 Å². The molecule has 0 N–H and O–H groups in total. The maximum absolute atomic E-state index is 13.8. The van der Waals surface area contributed by atoms with Crippen molar-refractivity contribution in [1.82, 2.24) is 9.55 Å². The molecule has 2 aromatic carbocycles. The zero-order chi connectivity index (χ0) is 21.3. The van der Waals surface area contributed by atoms with E-state index < -0.39 is 0 Å². The van der Waals surface area contributed by atoms with Gasteiger partial charge in [-0.05, 0) is 81.5 Å². The molecule has 1 aromatic heterocycles. The van der Waals surface area contributed by atoms with Gasteiger partial charge >= 0.3 is 0 Å². The molecule has 0 radical (unpaired) electrons. The van der Waals surface area contributed by atoms with Gasteiger partial charge in [-0.1, -0.05) is 30.2 Å². The number of hydrogen-bond donors (Lipinski definition) is 0. The van der Waals surface area contributed by atoms with Crippen LogP contribution in [0.5, 0.6) is 0 Å². The van der Waals surface area contributed by atoms with Gasteiger partial charge in [0.2, 0.25) is 0 Å². The van der Waals surface area contributed by atoms with Crippen molar-refractivity contribution in [2.75, 3.05) is 11.4 Å². The van der Waals surface area contributed by atoms with Crippen LogP contribution in [-0.2, 0) is 13.0 Å². The number of fused-ring (bicyclic) bond motifs is 1. The minimum Gasteiger partial charge on any atom is -0.327 e. The smallest absolute Gasteiger partial charge is 0.278 e. The Balaban J connectivity index is 1.82. The molecular formula is C25H28ClN3O. The topological polar surface area (TPSA) is 38.1 Å². The lowest BCUT2D eigenvalue weighted by molar-refractivity contribution is 0.0982. The monoisotopic (exact) mass is 421 g/mol. The zero-order valence-corrected chi connectivity index (χ0v) is 18.7. The summed E-state index contributed by atoms with van der Waals surface area (Å²) in [7, 11) is 0. The minimum atomic E-state index is -0.0166. The van der Waals surface area contributed by atoms with E-state index in [0.717, 1.165) is 59.7 Å². The van der Waals surface area contributed by atoms with E-state index in [2.05, 4.69) is 36.6 Å². The quantitative estimate of drug-likeness (QED) is 0.502. The Morgan fingerprint density at radius 2 is 1.87 bits per heavy atom. The number of rotatable bonds is 4. The van der Waals surface area contributed by atoms with Crippen LogP contribution in [0.1, 0.15) is 53.5 Å². The lowest BCUT2D eigenvalue weighted by Gasteiger charge is -2.23. The summed E-state index contributed by atoms with van der Waals surface area (Å²) in [5.74, 6) is 0.848. The molecule has 0 saturated heterocycles. The van der Waals surface area contributed by atoms with E-state index in [9.17, 15) is 4.79 Å². The zero-order valence-electron chi connectivity index (χ0n) is 17.9. The molecule has 5 heteroatoms. The Labute approximate surface area is 183 Å². The molecule has 0 spiro atoms. The molecule has 4 nitrogen and oxygen atoms in total. The van der Waals surface area contributed by atoms with E-state index in [1.54, 1.807) is 0 Å². The number of anilines is 1. The molecule has 30 heavy (non-hydrogen) atoms. The number of nitrogens with zero attached hydrogens (tertiary/aromatic N) is 3. The van der Waals surface area contributed by atoms with Gasteiger partial charge < -0.3 is 9.47 Å². The second-order valence-electron chi connectivity index (χ2n) is 8.04. The summed E-state index contributed by atoms with van der Waals surface area (Å²) < 4.78 is 2.25. The van der Waals surface area contributed by atoms with E-state index in [1.165, 1.54) is 6.42 Å². The number of halogens is 1. The van der Waals surface area contributed by atoms with E-state index in [0.29, 0.717) is 17.3 Å². The van der Waals surface area contributed by atoms with Gasteiger partial charge in [0.15, 0.2) is 5.69 Å². The summed E-state index contributed by atoms with van der Waals surface area (Å²) in [5.41, 5.74) is 5.85. The highest BCUT2D eigenvalue weighted by molar-refractivity contribution is 6.30. The van der Waals surface area contributed by atoms with Gasteiger partial charge in [-0.3, -0.25) is 4.79 Å². The van der Waals surface area contributed by atoms with Gasteiger partial charge in [-0.25, -0.2) is 4.98 Å². The number of carbonyl (C=O) groups excluding carboxylic acids is 1. The first-order valence-corrected chi connectivity index (χ1v) is 11.1. The fraction of sp³-hybridized carbons (Fsp3) is 0.360. The van der Waals surface area contributed by atoms with E-state index in [-0.39, 0.29) is 5.91 Å². The number of aryl methyl sites for hydroxylation is 2. The molecule has 0 saturated carbocycles. The second-order valence-corrected chi connectivity index (χ2v) is 8.48. The first-order valence-electron chi connectivity index (χ1n) is 10.7. The second kappa shape index (κ2) is 8.65. The number of carbonyl (C=O) groups is 1. The van der Waals surface area contributed by atoms with Crippen LogP contribution in [0.25, 0.3) is 11.4 Å². The van der Waals surface area contributed by atoms with Crippen molar-refractivity contribution in [2.45, 2.75) is 53.0 Å². The van der Waals surface area contributed by atoms with Crippen molar-refractivity contribution in [3.63, 3.8) is 0 Å². The normalized spacial score (nSPS) is 13.6. The number of hydrogen-bond acceptors (Lipinski definition) is 2. The minimum absolute atomic E-state index is 0.0166. The Morgan fingerprint density at radius 1 is 1.10 bits per heavy atom. The molecule has 2 heterocycles. The summed E-state index contributed by atoms with van der Waals surface area (Å²) in [6.45, 7) is 7.63. The first kappa shape index (κ1) is 20.7. The number of aromatic nitrogens is 2. The standard InChI is InChI=1S/C25H28ClN3O/c1-4-28(22-16-17(2)9-10-18(22)3)25(30)23-21-8-6-5-7-15-29(21)24(27-23)19-11-13-20(26)14-12-19/h9-14,16H,4-8,15H2,1-3H3. The number of imidazole rings is 1. The van der Waals surface area contributed by atoms with Crippen LogP contribution in [0.3, 0.4) is 0 Å². The Bertz CT molecular complexity index is 1070. The third-order valence-electron chi connectivity index (χ3n) is 5.89. The van der Waals surface area contributed by atoms with E-state index >= 15 is 0 Å². The highest BCUT2D eigenvalue weighted by Crippen LogP contribution is 2.30. The Morgan fingerprint density at radius 3 is 2.60 bits per heavy atom. The highest BCUT2D eigenvalue weighted by Gasteiger charge is 2.28. The van der Waals surface area contributed by atoms with Crippen LogP contribution >= 0.6 is 11.6 Å². The number of amides is 1. The molecule has 156 valence electrons. The predicted octanol–water partition coefficient (Wildman–Crippen LogP) is 6.21. The predicted molar refractivity (Wildman–Crippen MR) is 123 cm³/mol. The molecule has 0 unspecified atom stereocenters. The van der Waals surface area contributed by atoms with Gasteiger partial charge in [-0.15, -0.1) is 0 Å². The molecule has 4 rings (SSSR count). The average molecular weight is 422 g/mol. The van der Waals surface area contributed by atoms with E-state index in [1.807, 2.05) is 36.1 Å². The van der Waals surface area contributed by atoms with Crippen LogP contribution in [-0.4, -0.2) is 22.0 Å².